The third kappa shape index (κ3) is 37.9. The molecule has 0 rings (SSSR count). The summed E-state index contributed by atoms with van der Waals surface area (Å²) in [5.41, 5.74) is 5.31. The van der Waals surface area contributed by atoms with Crippen molar-refractivity contribution < 1.29 is 52.3 Å². The topological polar surface area (TPSA) is 189 Å². The third-order valence-electron chi connectivity index (χ3n) is 8.40. The second-order valence-corrected chi connectivity index (χ2v) is 15.3. The number of hydrogen-bond donors (Lipinski definition) is 3. The van der Waals surface area contributed by atoms with Gasteiger partial charge in [-0.2, -0.15) is 0 Å². The first-order chi connectivity index (χ1) is 27.5. The molecule has 0 aromatic heterocycles. The predicted octanol–water partition coefficient (Wildman–Crippen LogP) is 10.1. The molecular weight excluding hydrogens is 749 g/mol. The molecule has 0 aromatic rings. The maximum Gasteiger partial charge on any atom is 0.472 e. The van der Waals surface area contributed by atoms with Crippen molar-refractivity contribution in [1.29, 1.82) is 0 Å². The van der Waals surface area contributed by atoms with Crippen molar-refractivity contribution in [3.8, 4) is 0 Å². The number of hydrogen-bond acceptors (Lipinski definition) is 10. The number of ether oxygens (including phenoxy) is 2. The van der Waals surface area contributed by atoms with E-state index in [0.29, 0.717) is 6.42 Å². The minimum absolute atomic E-state index is 0.0944. The van der Waals surface area contributed by atoms with E-state index in [-0.39, 0.29) is 31.5 Å². The van der Waals surface area contributed by atoms with Gasteiger partial charge in [-0.25, -0.2) is 4.57 Å². The van der Waals surface area contributed by atoms with Gasteiger partial charge in [-0.3, -0.25) is 28.2 Å². The SMILES string of the molecule is CCCCC/C=C\C/C=C\C/C=C\C=C\C(=O)CCCC(=O)O[C@H](COC(=O)CCCCCCC/C=C\C/C=C\CCCCC)COP(=O)(O)OC[C@H](N)C(=O)O. The fourth-order valence-electron chi connectivity index (χ4n) is 5.05. The molecule has 0 bridgehead atoms. The van der Waals surface area contributed by atoms with Crippen LogP contribution in [0.1, 0.15) is 149 Å². The van der Waals surface area contributed by atoms with Crippen LogP contribution in [-0.4, -0.2) is 65.7 Å². The summed E-state index contributed by atoms with van der Waals surface area (Å²) in [5.74, 6) is -2.86. The summed E-state index contributed by atoms with van der Waals surface area (Å²) in [5, 5.41) is 8.87. The van der Waals surface area contributed by atoms with E-state index >= 15 is 0 Å². The van der Waals surface area contributed by atoms with Gasteiger partial charge in [0, 0.05) is 19.3 Å². The van der Waals surface area contributed by atoms with Gasteiger partial charge in [0.15, 0.2) is 11.9 Å². The van der Waals surface area contributed by atoms with Crippen LogP contribution < -0.4 is 5.73 Å². The van der Waals surface area contributed by atoms with Crippen molar-refractivity contribution in [2.24, 2.45) is 5.73 Å². The highest BCUT2D eigenvalue weighted by Gasteiger charge is 2.28. The largest absolute Gasteiger partial charge is 0.480 e. The summed E-state index contributed by atoms with van der Waals surface area (Å²) in [6.45, 7) is 2.46. The summed E-state index contributed by atoms with van der Waals surface area (Å²) < 4.78 is 32.4. The number of ketones is 1. The predicted molar refractivity (Wildman–Crippen MR) is 226 cm³/mol. The summed E-state index contributed by atoms with van der Waals surface area (Å²) >= 11 is 0. The van der Waals surface area contributed by atoms with Crippen molar-refractivity contribution in [3.05, 3.63) is 72.9 Å². The fourth-order valence-corrected chi connectivity index (χ4v) is 5.82. The number of unbranched alkanes of at least 4 members (excludes halogenated alkanes) is 11. The molecule has 0 saturated heterocycles. The Balaban J connectivity index is 4.64. The van der Waals surface area contributed by atoms with Crippen LogP contribution in [0.5, 0.6) is 0 Å². The van der Waals surface area contributed by atoms with E-state index in [0.717, 1.165) is 64.2 Å². The van der Waals surface area contributed by atoms with Gasteiger partial charge >= 0.3 is 25.7 Å². The molecule has 0 heterocycles. The van der Waals surface area contributed by atoms with Crippen molar-refractivity contribution in [3.63, 3.8) is 0 Å². The average Bonchev–Trinajstić information content (AvgIpc) is 3.18. The minimum Gasteiger partial charge on any atom is -0.480 e. The molecule has 12 nitrogen and oxygen atoms in total. The van der Waals surface area contributed by atoms with E-state index in [4.69, 9.17) is 24.8 Å². The number of carboxylic acid groups (broad SMARTS) is 1. The number of allylic oxidation sites excluding steroid dienone is 12. The summed E-state index contributed by atoms with van der Waals surface area (Å²) in [6, 6.07) is -1.56. The molecule has 4 N–H and O–H groups in total. The zero-order valence-electron chi connectivity index (χ0n) is 34.6. The van der Waals surface area contributed by atoms with E-state index < -0.39 is 57.7 Å². The van der Waals surface area contributed by atoms with Gasteiger partial charge in [0.2, 0.25) is 0 Å². The molecule has 13 heteroatoms. The van der Waals surface area contributed by atoms with E-state index in [1.807, 2.05) is 6.08 Å². The van der Waals surface area contributed by atoms with Crippen LogP contribution in [0.2, 0.25) is 0 Å². The standard InChI is InChI=1S/C44H72NO11P/c1-3-5-7-9-11-13-15-17-18-20-22-24-26-28-30-34-42(47)53-36-40(37-54-57(51,52)55-38-41(45)44(49)50)56-43(48)35-31-33-39(46)32-29-27-25-23-21-19-16-14-12-10-8-6-4-2/h11-14,17-19,21,25,27,29,32,40-41H,3-10,15-16,20,22-24,26,28,30-31,33-38,45H2,1-2H3,(H,49,50)(H,51,52)/b13-11-,14-12-,18-17-,21-19-,27-25-,32-29+/t40-,41+/m1/s1. The Hall–Kier alpha value is -3.41. The highest BCUT2D eigenvalue weighted by Crippen LogP contribution is 2.43. The van der Waals surface area contributed by atoms with Crippen LogP contribution in [0.3, 0.4) is 0 Å². The Morgan fingerprint density at radius 3 is 1.70 bits per heavy atom. The van der Waals surface area contributed by atoms with Crippen molar-refractivity contribution >= 4 is 31.5 Å². The highest BCUT2D eigenvalue weighted by molar-refractivity contribution is 7.47. The molecule has 0 radical (unpaired) electrons. The normalized spacial score (nSPS) is 14.4. The Bertz CT molecular complexity index is 1300. The van der Waals surface area contributed by atoms with Gasteiger partial charge in [0.1, 0.15) is 12.6 Å². The second kappa shape index (κ2) is 38.1. The summed E-state index contributed by atoms with van der Waals surface area (Å²) in [7, 11) is -4.79. The van der Waals surface area contributed by atoms with Gasteiger partial charge in [0.05, 0.1) is 13.2 Å². The number of phosphoric ester groups is 1. The van der Waals surface area contributed by atoms with Crippen LogP contribution in [0.15, 0.2) is 72.9 Å². The lowest BCUT2D eigenvalue weighted by atomic mass is 10.1. The van der Waals surface area contributed by atoms with Crippen molar-refractivity contribution in [2.75, 3.05) is 19.8 Å². The quantitative estimate of drug-likeness (QED) is 0.0134. The zero-order valence-corrected chi connectivity index (χ0v) is 35.5. The number of phosphoric acid groups is 1. The van der Waals surface area contributed by atoms with Crippen molar-refractivity contribution in [2.45, 2.75) is 161 Å². The number of carboxylic acids is 1. The molecule has 0 fully saturated rings. The van der Waals surface area contributed by atoms with Crippen molar-refractivity contribution in [1.82, 2.24) is 0 Å². The lowest BCUT2D eigenvalue weighted by Gasteiger charge is -2.20. The lowest BCUT2D eigenvalue weighted by Crippen LogP contribution is -2.34. The minimum atomic E-state index is -4.79. The van der Waals surface area contributed by atoms with Gasteiger partial charge in [-0.15, -0.1) is 0 Å². The van der Waals surface area contributed by atoms with Gasteiger partial charge in [-0.05, 0) is 76.7 Å². The Labute approximate surface area is 342 Å². The molecule has 0 saturated carbocycles. The molecule has 0 amide bonds. The highest BCUT2D eigenvalue weighted by atomic mass is 31.2. The molecule has 0 aromatic carbocycles. The molecule has 57 heavy (non-hydrogen) atoms. The third-order valence-corrected chi connectivity index (χ3v) is 9.35. The number of nitrogens with two attached hydrogens (primary N) is 1. The smallest absolute Gasteiger partial charge is 0.472 e. The van der Waals surface area contributed by atoms with E-state index in [1.54, 1.807) is 12.2 Å². The Morgan fingerprint density at radius 1 is 0.596 bits per heavy atom. The van der Waals surface area contributed by atoms with Crippen LogP contribution in [0.4, 0.5) is 0 Å². The Morgan fingerprint density at radius 2 is 1.11 bits per heavy atom. The zero-order chi connectivity index (χ0) is 42.2. The second-order valence-electron chi connectivity index (χ2n) is 13.8. The first-order valence-corrected chi connectivity index (χ1v) is 22.4. The molecule has 324 valence electrons. The number of aliphatic carboxylic acids is 1. The molecule has 0 aliphatic heterocycles. The molecule has 0 aliphatic rings. The molecule has 0 spiro atoms. The number of esters is 2. The molecular formula is C44H72NO11P. The van der Waals surface area contributed by atoms with Crippen LogP contribution in [-0.2, 0) is 42.3 Å². The lowest BCUT2D eigenvalue weighted by molar-refractivity contribution is -0.161. The van der Waals surface area contributed by atoms with Crippen LogP contribution in [0.25, 0.3) is 0 Å². The van der Waals surface area contributed by atoms with E-state index in [1.165, 1.54) is 44.6 Å². The monoisotopic (exact) mass is 821 g/mol. The molecule has 1 unspecified atom stereocenters. The van der Waals surface area contributed by atoms with Gasteiger partial charge in [-0.1, -0.05) is 126 Å². The Kier molecular flexibility index (Phi) is 35.8. The number of carbonyl (C=O) groups is 4. The first-order valence-electron chi connectivity index (χ1n) is 20.9. The van der Waals surface area contributed by atoms with Gasteiger partial charge in [0.25, 0.3) is 0 Å². The fraction of sp³-hybridized carbons (Fsp3) is 0.636. The molecule has 0 aliphatic carbocycles. The summed E-state index contributed by atoms with van der Waals surface area (Å²) in [4.78, 5) is 58.1. The van der Waals surface area contributed by atoms with E-state index in [9.17, 15) is 28.6 Å². The first kappa shape index (κ1) is 53.6. The van der Waals surface area contributed by atoms with Crippen LogP contribution >= 0.6 is 7.82 Å². The maximum atomic E-state index is 12.6. The average molecular weight is 822 g/mol. The van der Waals surface area contributed by atoms with E-state index in [2.05, 4.69) is 67.0 Å². The van der Waals surface area contributed by atoms with Gasteiger partial charge < -0.3 is 25.2 Å². The number of rotatable bonds is 38. The number of carbonyl (C=O) groups excluding carboxylic acids is 3. The maximum absolute atomic E-state index is 12.6. The molecule has 3 atom stereocenters. The van der Waals surface area contributed by atoms with Crippen LogP contribution in [0, 0.1) is 0 Å². The summed E-state index contributed by atoms with van der Waals surface area (Å²) in [6.07, 6.45) is 41.2.